The van der Waals surface area contributed by atoms with E-state index in [4.69, 9.17) is 9.47 Å². The molecule has 3 rings (SSSR count). The summed E-state index contributed by atoms with van der Waals surface area (Å²) in [6.45, 7) is 0.495. The van der Waals surface area contributed by atoms with E-state index in [1.165, 1.54) is 13.4 Å². The molecule has 0 aliphatic carbocycles. The lowest BCUT2D eigenvalue weighted by atomic mass is 10.2. The topological polar surface area (TPSA) is 98.3 Å². The van der Waals surface area contributed by atoms with E-state index in [1.54, 1.807) is 37.6 Å². The Morgan fingerprint density at radius 2 is 1.85 bits per heavy atom. The van der Waals surface area contributed by atoms with Crippen LogP contribution in [0, 0.1) is 0 Å². The third-order valence-electron chi connectivity index (χ3n) is 3.72. The lowest BCUT2D eigenvalue weighted by Crippen LogP contribution is -2.15. The molecule has 0 fully saturated rings. The van der Waals surface area contributed by atoms with E-state index < -0.39 is 0 Å². The van der Waals surface area contributed by atoms with Gasteiger partial charge in [0.15, 0.2) is 11.5 Å². The molecule has 0 aliphatic rings. The van der Waals surface area contributed by atoms with Crippen molar-refractivity contribution >= 4 is 17.4 Å². The van der Waals surface area contributed by atoms with Gasteiger partial charge in [0, 0.05) is 24.0 Å². The highest BCUT2D eigenvalue weighted by Crippen LogP contribution is 2.29. The van der Waals surface area contributed by atoms with E-state index in [0.717, 1.165) is 5.69 Å². The Kier molecular flexibility index (Phi) is 5.78. The van der Waals surface area contributed by atoms with Gasteiger partial charge in [-0.15, -0.1) is 0 Å². The van der Waals surface area contributed by atoms with Crippen LogP contribution in [0.25, 0.3) is 0 Å². The molecule has 0 unspecified atom stereocenters. The molecule has 3 aromatic rings. The summed E-state index contributed by atoms with van der Waals surface area (Å²) in [5.74, 6) is 1.29. The quantitative estimate of drug-likeness (QED) is 0.664. The minimum Gasteiger partial charge on any atom is -0.493 e. The molecule has 0 atom stereocenters. The van der Waals surface area contributed by atoms with Crippen molar-refractivity contribution in [2.75, 3.05) is 24.9 Å². The SMILES string of the molecule is COc1ccc(NC(=O)c2cc(NCc3ccccn3)ncn2)cc1OC. The Labute approximate surface area is 156 Å². The van der Waals surface area contributed by atoms with Gasteiger partial charge in [0.2, 0.25) is 0 Å². The Balaban J connectivity index is 1.68. The van der Waals surface area contributed by atoms with Gasteiger partial charge >= 0.3 is 0 Å². The van der Waals surface area contributed by atoms with Crippen molar-refractivity contribution in [1.29, 1.82) is 0 Å². The van der Waals surface area contributed by atoms with Crippen LogP contribution in [0.5, 0.6) is 11.5 Å². The Morgan fingerprint density at radius 3 is 2.59 bits per heavy atom. The van der Waals surface area contributed by atoms with Gasteiger partial charge in [-0.25, -0.2) is 9.97 Å². The summed E-state index contributed by atoms with van der Waals surface area (Å²) >= 11 is 0. The summed E-state index contributed by atoms with van der Waals surface area (Å²) in [4.78, 5) is 24.9. The van der Waals surface area contributed by atoms with Crippen molar-refractivity contribution in [1.82, 2.24) is 15.0 Å². The number of benzene rings is 1. The van der Waals surface area contributed by atoms with Crippen molar-refractivity contribution in [3.63, 3.8) is 0 Å². The highest BCUT2D eigenvalue weighted by Gasteiger charge is 2.11. The number of pyridine rings is 1. The lowest BCUT2D eigenvalue weighted by Gasteiger charge is -2.11. The highest BCUT2D eigenvalue weighted by molar-refractivity contribution is 6.03. The monoisotopic (exact) mass is 365 g/mol. The second kappa shape index (κ2) is 8.61. The van der Waals surface area contributed by atoms with Crippen LogP contribution in [-0.2, 0) is 6.54 Å². The number of rotatable bonds is 7. The molecule has 0 saturated heterocycles. The van der Waals surface area contributed by atoms with E-state index >= 15 is 0 Å². The molecule has 0 aliphatic heterocycles. The molecule has 0 radical (unpaired) electrons. The maximum absolute atomic E-state index is 12.5. The van der Waals surface area contributed by atoms with Gasteiger partial charge in [-0.05, 0) is 24.3 Å². The van der Waals surface area contributed by atoms with E-state index in [1.807, 2.05) is 18.2 Å². The predicted octanol–water partition coefficient (Wildman–Crippen LogP) is 2.75. The second-order valence-electron chi connectivity index (χ2n) is 5.49. The maximum Gasteiger partial charge on any atom is 0.274 e. The summed E-state index contributed by atoms with van der Waals surface area (Å²) < 4.78 is 10.4. The van der Waals surface area contributed by atoms with Crippen LogP contribution in [0.1, 0.15) is 16.2 Å². The molecule has 0 saturated carbocycles. The van der Waals surface area contributed by atoms with E-state index in [0.29, 0.717) is 29.5 Å². The minimum absolute atomic E-state index is 0.239. The first kappa shape index (κ1) is 18.1. The van der Waals surface area contributed by atoms with Gasteiger partial charge in [-0.2, -0.15) is 0 Å². The Bertz CT molecular complexity index is 918. The molecule has 8 nitrogen and oxygen atoms in total. The Hall–Kier alpha value is -3.68. The van der Waals surface area contributed by atoms with E-state index in [9.17, 15) is 4.79 Å². The average molecular weight is 365 g/mol. The van der Waals surface area contributed by atoms with Crippen molar-refractivity contribution in [2.24, 2.45) is 0 Å². The van der Waals surface area contributed by atoms with Crippen molar-refractivity contribution in [3.05, 3.63) is 66.4 Å². The van der Waals surface area contributed by atoms with Crippen LogP contribution in [-0.4, -0.2) is 35.1 Å². The van der Waals surface area contributed by atoms with Gasteiger partial charge in [0.05, 0.1) is 26.5 Å². The minimum atomic E-state index is -0.356. The summed E-state index contributed by atoms with van der Waals surface area (Å²) in [6.07, 6.45) is 3.06. The molecule has 2 aromatic heterocycles. The number of carbonyl (C=O) groups excluding carboxylic acids is 1. The molecule has 2 N–H and O–H groups in total. The summed E-state index contributed by atoms with van der Waals surface area (Å²) in [5, 5.41) is 5.90. The molecule has 1 aromatic carbocycles. The highest BCUT2D eigenvalue weighted by atomic mass is 16.5. The van der Waals surface area contributed by atoms with E-state index in [2.05, 4.69) is 25.6 Å². The van der Waals surface area contributed by atoms with Crippen molar-refractivity contribution in [2.45, 2.75) is 6.54 Å². The fraction of sp³-hybridized carbons (Fsp3) is 0.158. The predicted molar refractivity (Wildman–Crippen MR) is 101 cm³/mol. The Morgan fingerprint density at radius 1 is 1.00 bits per heavy atom. The largest absolute Gasteiger partial charge is 0.493 e. The molecular formula is C19H19N5O3. The van der Waals surface area contributed by atoms with Crippen LogP contribution in [0.4, 0.5) is 11.5 Å². The van der Waals surface area contributed by atoms with Gasteiger partial charge in [-0.3, -0.25) is 9.78 Å². The van der Waals surface area contributed by atoms with Gasteiger partial charge in [0.25, 0.3) is 5.91 Å². The van der Waals surface area contributed by atoms with Crippen LogP contribution < -0.4 is 20.1 Å². The molecule has 1 amide bonds. The van der Waals surface area contributed by atoms with Gasteiger partial charge in [-0.1, -0.05) is 6.07 Å². The third-order valence-corrected chi connectivity index (χ3v) is 3.72. The van der Waals surface area contributed by atoms with Gasteiger partial charge in [0.1, 0.15) is 17.8 Å². The zero-order valence-corrected chi connectivity index (χ0v) is 15.0. The number of hydrogen-bond donors (Lipinski definition) is 2. The van der Waals surface area contributed by atoms with Gasteiger partial charge < -0.3 is 20.1 Å². The third kappa shape index (κ3) is 4.69. The number of nitrogens with zero attached hydrogens (tertiary/aromatic N) is 3. The number of carbonyl (C=O) groups is 1. The number of anilines is 2. The van der Waals surface area contributed by atoms with E-state index in [-0.39, 0.29) is 11.6 Å². The number of methoxy groups -OCH3 is 2. The smallest absolute Gasteiger partial charge is 0.274 e. The normalized spacial score (nSPS) is 10.1. The lowest BCUT2D eigenvalue weighted by molar-refractivity contribution is 0.102. The van der Waals surface area contributed by atoms with Crippen LogP contribution in [0.3, 0.4) is 0 Å². The number of nitrogens with one attached hydrogen (secondary N) is 2. The van der Waals surface area contributed by atoms with Crippen LogP contribution in [0.15, 0.2) is 55.0 Å². The van der Waals surface area contributed by atoms with Crippen molar-refractivity contribution in [3.8, 4) is 11.5 Å². The summed E-state index contributed by atoms with van der Waals surface area (Å²) in [7, 11) is 3.09. The standard InChI is InChI=1S/C19H19N5O3/c1-26-16-7-6-13(9-17(16)27-2)24-19(25)15-10-18(23-12-22-15)21-11-14-5-3-4-8-20-14/h3-10,12H,11H2,1-2H3,(H,24,25)(H,21,22,23). The molecule has 0 spiro atoms. The first-order valence-corrected chi connectivity index (χ1v) is 8.19. The number of ether oxygens (including phenoxy) is 2. The number of aromatic nitrogens is 3. The maximum atomic E-state index is 12.5. The first-order chi connectivity index (χ1) is 13.2. The number of amides is 1. The molecule has 0 bridgehead atoms. The molecule has 8 heteroatoms. The van der Waals surface area contributed by atoms with Crippen LogP contribution in [0.2, 0.25) is 0 Å². The molecule has 138 valence electrons. The van der Waals surface area contributed by atoms with Crippen molar-refractivity contribution < 1.29 is 14.3 Å². The fourth-order valence-electron chi connectivity index (χ4n) is 2.37. The molecule has 27 heavy (non-hydrogen) atoms. The zero-order chi connectivity index (χ0) is 19.1. The van der Waals surface area contributed by atoms with Crippen LogP contribution >= 0.6 is 0 Å². The zero-order valence-electron chi connectivity index (χ0n) is 15.0. The molecular weight excluding hydrogens is 346 g/mol. The fourth-order valence-corrected chi connectivity index (χ4v) is 2.37. The number of hydrogen-bond acceptors (Lipinski definition) is 7. The second-order valence-corrected chi connectivity index (χ2v) is 5.49. The summed E-state index contributed by atoms with van der Waals surface area (Å²) in [6, 6.07) is 12.4. The first-order valence-electron chi connectivity index (χ1n) is 8.19. The average Bonchev–Trinajstić information content (AvgIpc) is 2.73. The summed E-state index contributed by atoms with van der Waals surface area (Å²) in [5.41, 5.74) is 1.68. The molecule has 2 heterocycles.